The highest BCUT2D eigenvalue weighted by Gasteiger charge is 2.18. The summed E-state index contributed by atoms with van der Waals surface area (Å²) in [6, 6.07) is 8.14. The van der Waals surface area contributed by atoms with E-state index in [0.29, 0.717) is 0 Å². The molecule has 0 saturated heterocycles. The third-order valence-electron chi connectivity index (χ3n) is 2.46. The number of halogens is 1. The first-order valence-corrected chi connectivity index (χ1v) is 5.41. The van der Waals surface area contributed by atoms with E-state index in [0.717, 1.165) is 21.5 Å². The smallest absolute Gasteiger partial charge is 0.0667 e. The van der Waals surface area contributed by atoms with E-state index in [1.807, 2.05) is 18.2 Å². The third-order valence-corrected chi connectivity index (χ3v) is 2.76. The number of fused-ring (bicyclic) bond motifs is 1. The van der Waals surface area contributed by atoms with Crippen molar-refractivity contribution >= 4 is 22.4 Å². The lowest BCUT2D eigenvalue weighted by Crippen LogP contribution is -2.13. The van der Waals surface area contributed by atoms with Crippen LogP contribution < -0.4 is 0 Å². The van der Waals surface area contributed by atoms with Crippen molar-refractivity contribution in [1.29, 1.82) is 0 Å². The molecular weight excluding hydrogens is 206 g/mol. The van der Waals surface area contributed by atoms with Gasteiger partial charge in [-0.15, -0.1) is 0 Å². The van der Waals surface area contributed by atoms with Gasteiger partial charge in [0.15, 0.2) is 0 Å². The number of rotatable bonds is 0. The molecule has 0 aliphatic heterocycles. The molecule has 1 nitrogen and oxygen atoms in total. The van der Waals surface area contributed by atoms with Gasteiger partial charge in [-0.3, -0.25) is 4.98 Å². The van der Waals surface area contributed by atoms with E-state index in [2.05, 4.69) is 31.8 Å². The van der Waals surface area contributed by atoms with Gasteiger partial charge in [-0.1, -0.05) is 56.6 Å². The van der Waals surface area contributed by atoms with E-state index >= 15 is 0 Å². The molecule has 0 aliphatic carbocycles. The first kappa shape index (κ1) is 10.4. The zero-order valence-corrected chi connectivity index (χ0v) is 9.97. The van der Waals surface area contributed by atoms with Crippen LogP contribution in [0.15, 0.2) is 30.5 Å². The minimum Gasteiger partial charge on any atom is -0.259 e. The number of nitrogens with zero attached hydrogens (tertiary/aromatic N) is 1. The maximum atomic E-state index is 6.12. The number of pyridine rings is 1. The first-order valence-electron chi connectivity index (χ1n) is 5.04. The Kier molecular flexibility index (Phi) is 2.43. The normalized spacial score (nSPS) is 12.0. The van der Waals surface area contributed by atoms with Crippen molar-refractivity contribution in [2.45, 2.75) is 26.2 Å². The Balaban J connectivity index is 2.84. The van der Waals surface area contributed by atoms with Crippen LogP contribution in [0.1, 0.15) is 26.5 Å². The van der Waals surface area contributed by atoms with Gasteiger partial charge in [0.25, 0.3) is 0 Å². The Bertz CT molecular complexity index is 497. The molecule has 2 rings (SSSR count). The van der Waals surface area contributed by atoms with Crippen LogP contribution >= 0.6 is 11.6 Å². The van der Waals surface area contributed by atoms with E-state index in [1.165, 1.54) is 0 Å². The van der Waals surface area contributed by atoms with E-state index < -0.39 is 0 Å². The van der Waals surface area contributed by atoms with Crippen molar-refractivity contribution in [1.82, 2.24) is 4.98 Å². The van der Waals surface area contributed by atoms with Crippen molar-refractivity contribution in [3.05, 3.63) is 41.2 Å². The van der Waals surface area contributed by atoms with Crippen molar-refractivity contribution in [3.8, 4) is 0 Å². The highest BCUT2D eigenvalue weighted by atomic mass is 35.5. The summed E-state index contributed by atoms with van der Waals surface area (Å²) >= 11 is 6.12. The summed E-state index contributed by atoms with van der Waals surface area (Å²) in [5, 5.41) is 2.95. The topological polar surface area (TPSA) is 12.9 Å². The minimum atomic E-state index is 0.0458. The molecule has 0 spiro atoms. The Labute approximate surface area is 95.1 Å². The van der Waals surface area contributed by atoms with E-state index in [1.54, 1.807) is 6.20 Å². The fraction of sp³-hybridized carbons (Fsp3) is 0.308. The molecule has 78 valence electrons. The highest BCUT2D eigenvalue weighted by Crippen LogP contribution is 2.31. The molecule has 0 aliphatic rings. The second-order valence-corrected chi connectivity index (χ2v) is 5.16. The molecule has 0 atom stereocenters. The fourth-order valence-corrected chi connectivity index (χ4v) is 1.97. The first-order chi connectivity index (χ1) is 7.00. The molecule has 0 saturated carbocycles. The fourth-order valence-electron chi connectivity index (χ4n) is 1.76. The molecule has 1 aromatic heterocycles. The predicted molar refractivity (Wildman–Crippen MR) is 65.5 cm³/mol. The van der Waals surface area contributed by atoms with Crippen molar-refractivity contribution in [2.24, 2.45) is 0 Å². The Hall–Kier alpha value is -1.08. The summed E-state index contributed by atoms with van der Waals surface area (Å²) in [5.74, 6) is 0. The maximum absolute atomic E-state index is 6.12. The Morgan fingerprint density at radius 2 is 1.67 bits per heavy atom. The number of hydrogen-bond acceptors (Lipinski definition) is 1. The largest absolute Gasteiger partial charge is 0.259 e. The van der Waals surface area contributed by atoms with Crippen LogP contribution in [0.3, 0.4) is 0 Å². The monoisotopic (exact) mass is 219 g/mol. The summed E-state index contributed by atoms with van der Waals surface area (Å²) in [7, 11) is 0. The zero-order valence-electron chi connectivity index (χ0n) is 9.21. The third kappa shape index (κ3) is 1.84. The average molecular weight is 220 g/mol. The highest BCUT2D eigenvalue weighted by molar-refractivity contribution is 6.35. The molecule has 1 heterocycles. The van der Waals surface area contributed by atoms with Crippen LogP contribution in [0, 0.1) is 0 Å². The van der Waals surface area contributed by atoms with Gasteiger partial charge in [0, 0.05) is 22.4 Å². The SMILES string of the molecule is CC(C)(C)c1ncc(Cl)c2ccccc12. The Morgan fingerprint density at radius 1 is 1.07 bits per heavy atom. The zero-order chi connectivity index (χ0) is 11.1. The van der Waals surface area contributed by atoms with Crippen LogP contribution in [0.25, 0.3) is 10.8 Å². The second-order valence-electron chi connectivity index (χ2n) is 4.75. The summed E-state index contributed by atoms with van der Waals surface area (Å²) in [4.78, 5) is 4.45. The van der Waals surface area contributed by atoms with Crippen LogP contribution in [0.2, 0.25) is 5.02 Å². The molecule has 0 unspecified atom stereocenters. The average Bonchev–Trinajstić information content (AvgIpc) is 2.17. The van der Waals surface area contributed by atoms with Crippen molar-refractivity contribution in [2.75, 3.05) is 0 Å². The quantitative estimate of drug-likeness (QED) is 0.648. The van der Waals surface area contributed by atoms with Crippen LogP contribution in [0.4, 0.5) is 0 Å². The van der Waals surface area contributed by atoms with Gasteiger partial charge in [-0.25, -0.2) is 0 Å². The van der Waals surface area contributed by atoms with Gasteiger partial charge < -0.3 is 0 Å². The van der Waals surface area contributed by atoms with Gasteiger partial charge >= 0.3 is 0 Å². The molecule has 0 radical (unpaired) electrons. The lowest BCUT2D eigenvalue weighted by atomic mass is 9.88. The standard InChI is InChI=1S/C13H14ClN/c1-13(2,3)12-10-7-5-4-6-9(10)11(14)8-15-12/h4-8H,1-3H3. The lowest BCUT2D eigenvalue weighted by molar-refractivity contribution is 0.575. The van der Waals surface area contributed by atoms with Gasteiger partial charge in [0.05, 0.1) is 10.7 Å². The molecule has 2 heteroatoms. The molecule has 2 aromatic rings. The molecule has 0 amide bonds. The number of aromatic nitrogens is 1. The summed E-state index contributed by atoms with van der Waals surface area (Å²) in [6.45, 7) is 6.49. The van der Waals surface area contributed by atoms with Crippen LogP contribution in [0.5, 0.6) is 0 Å². The van der Waals surface area contributed by atoms with E-state index in [-0.39, 0.29) is 5.41 Å². The lowest BCUT2D eigenvalue weighted by Gasteiger charge is -2.20. The molecule has 1 aromatic carbocycles. The summed E-state index contributed by atoms with van der Waals surface area (Å²) in [5.41, 5.74) is 1.15. The van der Waals surface area contributed by atoms with Gasteiger partial charge in [-0.2, -0.15) is 0 Å². The minimum absolute atomic E-state index is 0.0458. The number of hydrogen-bond donors (Lipinski definition) is 0. The van der Waals surface area contributed by atoms with Crippen molar-refractivity contribution < 1.29 is 0 Å². The second kappa shape index (κ2) is 3.49. The molecular formula is C13H14ClN. The molecule has 0 N–H and O–H groups in total. The molecule has 0 fully saturated rings. The summed E-state index contributed by atoms with van der Waals surface area (Å²) in [6.07, 6.45) is 1.74. The molecule has 15 heavy (non-hydrogen) atoms. The summed E-state index contributed by atoms with van der Waals surface area (Å²) < 4.78 is 0. The van der Waals surface area contributed by atoms with E-state index in [4.69, 9.17) is 11.6 Å². The van der Waals surface area contributed by atoms with Gasteiger partial charge in [0.2, 0.25) is 0 Å². The van der Waals surface area contributed by atoms with Gasteiger partial charge in [-0.05, 0) is 0 Å². The van der Waals surface area contributed by atoms with Crippen LogP contribution in [-0.4, -0.2) is 4.98 Å². The molecule has 0 bridgehead atoms. The van der Waals surface area contributed by atoms with Gasteiger partial charge in [0.1, 0.15) is 0 Å². The maximum Gasteiger partial charge on any atom is 0.0667 e. The van der Waals surface area contributed by atoms with Crippen molar-refractivity contribution in [3.63, 3.8) is 0 Å². The van der Waals surface area contributed by atoms with Crippen LogP contribution in [-0.2, 0) is 5.41 Å². The van der Waals surface area contributed by atoms with E-state index in [9.17, 15) is 0 Å². The predicted octanol–water partition coefficient (Wildman–Crippen LogP) is 4.19. The number of benzene rings is 1. The Morgan fingerprint density at radius 3 is 2.27 bits per heavy atom.